The van der Waals surface area contributed by atoms with E-state index in [2.05, 4.69) is 35.6 Å². The monoisotopic (exact) mass is 316 g/mol. The third-order valence-electron chi connectivity index (χ3n) is 5.67. The fourth-order valence-electron chi connectivity index (χ4n) is 4.07. The van der Waals surface area contributed by atoms with Crippen LogP contribution in [0.1, 0.15) is 50.0 Å². The van der Waals surface area contributed by atoms with Crippen molar-refractivity contribution in [2.75, 3.05) is 19.8 Å². The highest BCUT2D eigenvalue weighted by Crippen LogP contribution is 2.35. The fraction of sp³-hybridized carbons (Fsp3) is 0.632. The van der Waals surface area contributed by atoms with Crippen LogP contribution in [0.5, 0.6) is 0 Å². The van der Waals surface area contributed by atoms with Crippen LogP contribution in [-0.2, 0) is 9.53 Å². The molecule has 0 spiro atoms. The Labute approximate surface area is 138 Å². The highest BCUT2D eigenvalue weighted by atomic mass is 16.5. The van der Waals surface area contributed by atoms with Crippen molar-refractivity contribution in [3.8, 4) is 0 Å². The van der Waals surface area contributed by atoms with Crippen LogP contribution < -0.4 is 11.1 Å². The summed E-state index contributed by atoms with van der Waals surface area (Å²) in [4.78, 5) is 12.0. The predicted molar refractivity (Wildman–Crippen MR) is 91.1 cm³/mol. The Hall–Kier alpha value is -1.39. The van der Waals surface area contributed by atoms with Gasteiger partial charge in [0.15, 0.2) is 0 Å². The second-order valence-corrected chi connectivity index (χ2v) is 7.05. The van der Waals surface area contributed by atoms with Crippen molar-refractivity contribution in [2.24, 2.45) is 11.1 Å². The van der Waals surface area contributed by atoms with Gasteiger partial charge in [-0.3, -0.25) is 4.79 Å². The van der Waals surface area contributed by atoms with E-state index >= 15 is 0 Å². The molecular formula is C19H28N2O2. The molecule has 3 N–H and O–H groups in total. The number of carbonyl (C=O) groups is 1. The van der Waals surface area contributed by atoms with Crippen molar-refractivity contribution in [3.05, 3.63) is 35.9 Å². The normalized spacial score (nSPS) is 27.5. The Balaban J connectivity index is 1.68. The third-order valence-corrected chi connectivity index (χ3v) is 5.67. The first kappa shape index (κ1) is 16.5. The van der Waals surface area contributed by atoms with Gasteiger partial charge in [-0.15, -0.1) is 0 Å². The van der Waals surface area contributed by atoms with Crippen LogP contribution in [0.2, 0.25) is 0 Å². The molecule has 2 aliphatic rings. The first-order valence-electron chi connectivity index (χ1n) is 8.87. The summed E-state index contributed by atoms with van der Waals surface area (Å²) < 4.78 is 5.42. The number of carbonyl (C=O) groups excluding carboxylic acids is 1. The molecule has 2 fully saturated rings. The lowest BCUT2D eigenvalue weighted by Gasteiger charge is -2.39. The zero-order chi connectivity index (χ0) is 16.1. The predicted octanol–water partition coefficient (Wildman–Crippen LogP) is 2.58. The van der Waals surface area contributed by atoms with Gasteiger partial charge in [-0.1, -0.05) is 43.2 Å². The number of amides is 1. The molecule has 0 radical (unpaired) electrons. The van der Waals surface area contributed by atoms with E-state index in [1.807, 2.05) is 0 Å². The molecule has 1 aliphatic carbocycles. The molecule has 4 nitrogen and oxygen atoms in total. The highest BCUT2D eigenvalue weighted by molar-refractivity contribution is 5.81. The molecule has 1 aliphatic heterocycles. The van der Waals surface area contributed by atoms with Crippen LogP contribution in [-0.4, -0.2) is 31.7 Å². The fourth-order valence-corrected chi connectivity index (χ4v) is 4.07. The van der Waals surface area contributed by atoms with E-state index in [1.54, 1.807) is 0 Å². The molecule has 0 bridgehead atoms. The van der Waals surface area contributed by atoms with Gasteiger partial charge in [-0.2, -0.15) is 0 Å². The zero-order valence-corrected chi connectivity index (χ0v) is 13.8. The summed E-state index contributed by atoms with van der Waals surface area (Å²) in [5, 5.41) is 3.71. The first-order valence-corrected chi connectivity index (χ1v) is 8.87. The van der Waals surface area contributed by atoms with Gasteiger partial charge in [0.25, 0.3) is 0 Å². The molecular weight excluding hydrogens is 288 g/mol. The smallest absolute Gasteiger partial charge is 0.225 e. The molecule has 0 unspecified atom stereocenters. The molecule has 2 atom stereocenters. The van der Waals surface area contributed by atoms with Gasteiger partial charge in [-0.05, 0) is 37.2 Å². The summed E-state index contributed by atoms with van der Waals surface area (Å²) >= 11 is 0. The molecule has 1 heterocycles. The van der Waals surface area contributed by atoms with Crippen molar-refractivity contribution in [1.29, 1.82) is 0 Å². The first-order chi connectivity index (χ1) is 11.2. The molecule has 3 rings (SSSR count). The molecule has 1 saturated heterocycles. The van der Waals surface area contributed by atoms with E-state index in [0.717, 1.165) is 12.8 Å². The second-order valence-electron chi connectivity index (χ2n) is 7.05. The van der Waals surface area contributed by atoms with Crippen molar-refractivity contribution in [2.45, 2.75) is 50.5 Å². The Morgan fingerprint density at radius 2 is 1.87 bits per heavy atom. The van der Waals surface area contributed by atoms with Gasteiger partial charge < -0.3 is 15.8 Å². The van der Waals surface area contributed by atoms with Gasteiger partial charge in [0.1, 0.15) is 0 Å². The van der Waals surface area contributed by atoms with Crippen LogP contribution >= 0.6 is 0 Å². The Bertz CT molecular complexity index is 511. The van der Waals surface area contributed by atoms with Gasteiger partial charge in [0.05, 0.1) is 5.41 Å². The molecule has 0 aromatic heterocycles. The molecule has 4 heteroatoms. The quantitative estimate of drug-likeness (QED) is 0.877. The number of hydrogen-bond donors (Lipinski definition) is 2. The number of nitrogens with two attached hydrogens (primary N) is 1. The average Bonchev–Trinajstić information content (AvgIpc) is 2.62. The Morgan fingerprint density at radius 1 is 1.17 bits per heavy atom. The maximum Gasteiger partial charge on any atom is 0.225 e. The molecule has 23 heavy (non-hydrogen) atoms. The van der Waals surface area contributed by atoms with E-state index in [0.29, 0.717) is 31.7 Å². The van der Waals surface area contributed by atoms with Gasteiger partial charge in [0.2, 0.25) is 5.91 Å². The standard InChI is InChI=1S/C19H28N2O2/c20-18(22)19(10-12-23-13-11-19)14-21-17-9-5-4-8-16(17)15-6-2-1-3-7-15/h1-3,6-7,16-17,21H,4-5,8-14H2,(H2,20,22)/t16-,17-/m0/s1. The molecule has 126 valence electrons. The molecule has 1 aromatic rings. The second kappa shape index (κ2) is 7.45. The summed E-state index contributed by atoms with van der Waals surface area (Å²) in [6.07, 6.45) is 6.40. The van der Waals surface area contributed by atoms with Crippen LogP contribution in [0.25, 0.3) is 0 Å². The summed E-state index contributed by atoms with van der Waals surface area (Å²) in [6, 6.07) is 11.2. The number of ether oxygens (including phenoxy) is 1. The lowest BCUT2D eigenvalue weighted by atomic mass is 9.76. The number of primary amides is 1. The topological polar surface area (TPSA) is 64.4 Å². The number of hydrogen-bond acceptors (Lipinski definition) is 3. The highest BCUT2D eigenvalue weighted by Gasteiger charge is 2.39. The summed E-state index contributed by atoms with van der Waals surface area (Å²) in [5.41, 5.74) is 6.70. The number of rotatable bonds is 5. The van der Waals surface area contributed by atoms with Crippen molar-refractivity contribution in [3.63, 3.8) is 0 Å². The van der Waals surface area contributed by atoms with E-state index < -0.39 is 5.41 Å². The van der Waals surface area contributed by atoms with Crippen molar-refractivity contribution >= 4 is 5.91 Å². The van der Waals surface area contributed by atoms with Gasteiger partial charge in [-0.25, -0.2) is 0 Å². The van der Waals surface area contributed by atoms with E-state index in [9.17, 15) is 4.79 Å². The summed E-state index contributed by atoms with van der Waals surface area (Å²) in [5.74, 6) is 0.357. The largest absolute Gasteiger partial charge is 0.381 e. The number of benzene rings is 1. The minimum absolute atomic E-state index is 0.180. The Morgan fingerprint density at radius 3 is 2.57 bits per heavy atom. The molecule has 1 aromatic carbocycles. The van der Waals surface area contributed by atoms with Crippen LogP contribution in [0.15, 0.2) is 30.3 Å². The lowest BCUT2D eigenvalue weighted by molar-refractivity contribution is -0.133. The molecule has 1 amide bonds. The van der Waals surface area contributed by atoms with Crippen LogP contribution in [0.4, 0.5) is 0 Å². The number of nitrogens with one attached hydrogen (secondary N) is 1. The van der Waals surface area contributed by atoms with Crippen LogP contribution in [0, 0.1) is 5.41 Å². The van der Waals surface area contributed by atoms with E-state index in [-0.39, 0.29) is 5.91 Å². The van der Waals surface area contributed by atoms with E-state index in [4.69, 9.17) is 10.5 Å². The maximum atomic E-state index is 12.0. The Kier molecular flexibility index (Phi) is 5.34. The lowest BCUT2D eigenvalue weighted by Crippen LogP contribution is -2.51. The van der Waals surface area contributed by atoms with Crippen LogP contribution in [0.3, 0.4) is 0 Å². The summed E-state index contributed by atoms with van der Waals surface area (Å²) in [7, 11) is 0. The minimum Gasteiger partial charge on any atom is -0.381 e. The van der Waals surface area contributed by atoms with Crippen molar-refractivity contribution in [1.82, 2.24) is 5.32 Å². The minimum atomic E-state index is -0.434. The zero-order valence-electron chi connectivity index (χ0n) is 13.8. The van der Waals surface area contributed by atoms with E-state index in [1.165, 1.54) is 31.2 Å². The average molecular weight is 316 g/mol. The third kappa shape index (κ3) is 3.75. The van der Waals surface area contributed by atoms with Crippen molar-refractivity contribution < 1.29 is 9.53 Å². The maximum absolute atomic E-state index is 12.0. The van der Waals surface area contributed by atoms with Gasteiger partial charge in [0, 0.05) is 25.8 Å². The SMILES string of the molecule is NC(=O)C1(CN[C@H]2CCCC[C@H]2c2ccccc2)CCOCC1. The van der Waals surface area contributed by atoms with Gasteiger partial charge >= 0.3 is 0 Å². The molecule has 1 saturated carbocycles. The summed E-state index contributed by atoms with van der Waals surface area (Å²) in [6.45, 7) is 1.95.